The molecule has 3 heteroatoms. The van der Waals surface area contributed by atoms with Crippen LogP contribution < -0.4 is 5.73 Å². The third-order valence-corrected chi connectivity index (χ3v) is 2.32. The van der Waals surface area contributed by atoms with Crippen LogP contribution in [0.3, 0.4) is 0 Å². The number of hydrogen-bond donors (Lipinski definition) is 1. The van der Waals surface area contributed by atoms with Gasteiger partial charge in [0.25, 0.3) is 0 Å². The molecule has 3 nitrogen and oxygen atoms in total. The largest absolute Gasteiger partial charge is 0.368 e. The Morgan fingerprint density at radius 1 is 1.47 bits per heavy atom. The van der Waals surface area contributed by atoms with Crippen molar-refractivity contribution in [3.05, 3.63) is 30.1 Å². The number of nitrogens with zero attached hydrogens (tertiary/aromatic N) is 1. The Kier molecular flexibility index (Phi) is 5.29. The molecule has 1 rings (SSSR count). The predicted octanol–water partition coefficient (Wildman–Crippen LogP) is 2.29. The molecule has 0 fully saturated rings. The molecule has 2 N–H and O–H groups in total. The average Bonchev–Trinajstić information content (AvgIpc) is 2.27. The van der Waals surface area contributed by atoms with E-state index in [2.05, 4.69) is 18.8 Å². The molecule has 2 unspecified atom stereocenters. The van der Waals surface area contributed by atoms with Gasteiger partial charge in [0.15, 0.2) is 0 Å². The predicted molar refractivity (Wildman–Crippen MR) is 61.5 cm³/mol. The van der Waals surface area contributed by atoms with Gasteiger partial charge in [-0.1, -0.05) is 19.4 Å². The van der Waals surface area contributed by atoms with Gasteiger partial charge in [-0.2, -0.15) is 0 Å². The topological polar surface area (TPSA) is 48.1 Å². The number of rotatable bonds is 6. The van der Waals surface area contributed by atoms with Crippen LogP contribution in [0.4, 0.5) is 0 Å². The molecule has 0 amide bonds. The van der Waals surface area contributed by atoms with E-state index in [1.165, 1.54) is 0 Å². The van der Waals surface area contributed by atoms with E-state index in [0.717, 1.165) is 18.5 Å². The minimum Gasteiger partial charge on any atom is -0.368 e. The highest BCUT2D eigenvalue weighted by Crippen LogP contribution is 2.17. The van der Waals surface area contributed by atoms with Crippen LogP contribution in [-0.2, 0) is 4.74 Å². The molecule has 0 saturated heterocycles. The van der Waals surface area contributed by atoms with Crippen molar-refractivity contribution in [2.75, 3.05) is 6.54 Å². The molecule has 0 bridgehead atoms. The van der Waals surface area contributed by atoms with Gasteiger partial charge in [0.2, 0.25) is 0 Å². The third kappa shape index (κ3) is 3.98. The van der Waals surface area contributed by atoms with Crippen molar-refractivity contribution in [2.24, 2.45) is 5.73 Å². The third-order valence-electron chi connectivity index (χ3n) is 2.32. The molecular formula is C12H20N2O. The highest BCUT2D eigenvalue weighted by Gasteiger charge is 2.14. The summed E-state index contributed by atoms with van der Waals surface area (Å²) in [5.41, 5.74) is 6.60. The molecule has 1 aromatic heterocycles. The van der Waals surface area contributed by atoms with Crippen molar-refractivity contribution in [2.45, 2.75) is 38.9 Å². The summed E-state index contributed by atoms with van der Waals surface area (Å²) in [4.78, 5) is 4.26. The highest BCUT2D eigenvalue weighted by atomic mass is 16.5. The fourth-order valence-corrected chi connectivity index (χ4v) is 1.57. The molecule has 0 aliphatic carbocycles. The van der Waals surface area contributed by atoms with E-state index in [1.54, 1.807) is 6.20 Å². The van der Waals surface area contributed by atoms with Gasteiger partial charge in [-0.05, 0) is 25.5 Å². The maximum atomic E-state index is 5.84. The van der Waals surface area contributed by atoms with Gasteiger partial charge in [-0.25, -0.2) is 0 Å². The summed E-state index contributed by atoms with van der Waals surface area (Å²) < 4.78 is 5.84. The summed E-state index contributed by atoms with van der Waals surface area (Å²) in [7, 11) is 0. The minimum atomic E-state index is -0.0762. The Morgan fingerprint density at radius 3 is 2.80 bits per heavy atom. The molecule has 1 aromatic rings. The highest BCUT2D eigenvalue weighted by molar-refractivity contribution is 5.07. The molecule has 0 aliphatic heterocycles. The molecular weight excluding hydrogens is 188 g/mol. The van der Waals surface area contributed by atoms with Gasteiger partial charge >= 0.3 is 0 Å². The number of aromatic nitrogens is 1. The minimum absolute atomic E-state index is 0.0762. The van der Waals surface area contributed by atoms with Gasteiger partial charge in [0.1, 0.15) is 6.10 Å². The number of pyridine rings is 1. The summed E-state index contributed by atoms with van der Waals surface area (Å²) in [6.45, 7) is 4.71. The van der Waals surface area contributed by atoms with Crippen LogP contribution in [0.25, 0.3) is 0 Å². The van der Waals surface area contributed by atoms with Gasteiger partial charge in [0.05, 0.1) is 11.8 Å². The number of ether oxygens (including phenoxy) is 1. The molecule has 0 spiro atoms. The summed E-state index contributed by atoms with van der Waals surface area (Å²) >= 11 is 0. The lowest BCUT2D eigenvalue weighted by Gasteiger charge is -2.20. The van der Waals surface area contributed by atoms with Crippen LogP contribution in [0.2, 0.25) is 0 Å². The van der Waals surface area contributed by atoms with Gasteiger partial charge in [-0.3, -0.25) is 4.98 Å². The zero-order chi connectivity index (χ0) is 11.1. The maximum absolute atomic E-state index is 5.84. The van der Waals surface area contributed by atoms with Crippen molar-refractivity contribution in [1.29, 1.82) is 0 Å². The number of nitrogens with two attached hydrogens (primary N) is 1. The quantitative estimate of drug-likeness (QED) is 0.780. The smallest absolute Gasteiger partial charge is 0.112 e. The van der Waals surface area contributed by atoms with E-state index in [0.29, 0.717) is 6.54 Å². The second kappa shape index (κ2) is 6.53. The molecule has 0 aromatic carbocycles. The second-order valence-electron chi connectivity index (χ2n) is 3.71. The zero-order valence-corrected chi connectivity index (χ0v) is 9.52. The molecule has 2 atom stereocenters. The Morgan fingerprint density at radius 2 is 2.27 bits per heavy atom. The Bertz CT molecular complexity index is 264. The maximum Gasteiger partial charge on any atom is 0.112 e. The van der Waals surface area contributed by atoms with Crippen LogP contribution in [0.15, 0.2) is 24.4 Å². The summed E-state index contributed by atoms with van der Waals surface area (Å²) in [6.07, 6.45) is 4.12. The van der Waals surface area contributed by atoms with Crippen molar-refractivity contribution in [3.63, 3.8) is 0 Å². The Balaban J connectivity index is 2.56. The first-order chi connectivity index (χ1) is 7.27. The lowest BCUT2D eigenvalue weighted by Crippen LogP contribution is -2.21. The van der Waals surface area contributed by atoms with Crippen LogP contribution in [0.1, 0.15) is 38.5 Å². The van der Waals surface area contributed by atoms with E-state index in [-0.39, 0.29) is 12.2 Å². The first-order valence-corrected chi connectivity index (χ1v) is 5.54. The van der Waals surface area contributed by atoms with Gasteiger partial charge < -0.3 is 10.5 Å². The fourth-order valence-electron chi connectivity index (χ4n) is 1.57. The van der Waals surface area contributed by atoms with Crippen molar-refractivity contribution in [3.8, 4) is 0 Å². The molecule has 1 heterocycles. The van der Waals surface area contributed by atoms with Crippen LogP contribution in [-0.4, -0.2) is 17.6 Å². The first-order valence-electron chi connectivity index (χ1n) is 5.54. The summed E-state index contributed by atoms with van der Waals surface area (Å²) in [5.74, 6) is 0. The number of hydrogen-bond acceptors (Lipinski definition) is 3. The summed E-state index contributed by atoms with van der Waals surface area (Å²) in [6, 6.07) is 5.81. The molecule has 0 saturated carbocycles. The Labute approximate surface area is 91.7 Å². The lowest BCUT2D eigenvalue weighted by atomic mass is 10.2. The van der Waals surface area contributed by atoms with Crippen molar-refractivity contribution < 1.29 is 4.74 Å². The van der Waals surface area contributed by atoms with Crippen molar-refractivity contribution in [1.82, 2.24) is 4.98 Å². The summed E-state index contributed by atoms with van der Waals surface area (Å²) in [5, 5.41) is 0. The normalized spacial score (nSPS) is 14.9. The van der Waals surface area contributed by atoms with E-state index < -0.39 is 0 Å². The van der Waals surface area contributed by atoms with E-state index >= 15 is 0 Å². The fraction of sp³-hybridized carbons (Fsp3) is 0.583. The molecule has 15 heavy (non-hydrogen) atoms. The lowest BCUT2D eigenvalue weighted by molar-refractivity contribution is -0.00503. The van der Waals surface area contributed by atoms with Crippen LogP contribution in [0, 0.1) is 0 Å². The van der Waals surface area contributed by atoms with Crippen LogP contribution in [0.5, 0.6) is 0 Å². The monoisotopic (exact) mass is 208 g/mol. The average molecular weight is 208 g/mol. The SMILES string of the molecule is CCCC(C)OC(CN)c1ccccn1. The molecule has 0 aliphatic rings. The van der Waals surface area contributed by atoms with E-state index in [9.17, 15) is 0 Å². The Hall–Kier alpha value is -0.930. The second-order valence-corrected chi connectivity index (χ2v) is 3.71. The van der Waals surface area contributed by atoms with E-state index in [4.69, 9.17) is 10.5 Å². The van der Waals surface area contributed by atoms with Crippen LogP contribution >= 0.6 is 0 Å². The van der Waals surface area contributed by atoms with Gasteiger partial charge in [-0.15, -0.1) is 0 Å². The first kappa shape index (κ1) is 12.1. The zero-order valence-electron chi connectivity index (χ0n) is 9.52. The van der Waals surface area contributed by atoms with E-state index in [1.807, 2.05) is 18.2 Å². The van der Waals surface area contributed by atoms with Crippen molar-refractivity contribution >= 4 is 0 Å². The molecule has 84 valence electrons. The molecule has 0 radical (unpaired) electrons. The van der Waals surface area contributed by atoms with Gasteiger partial charge in [0, 0.05) is 12.7 Å². The standard InChI is InChI=1S/C12H20N2O/c1-3-6-10(2)15-12(9-13)11-7-4-5-8-14-11/h4-5,7-8,10,12H,3,6,9,13H2,1-2H3.